The van der Waals surface area contributed by atoms with Gasteiger partial charge in [0.05, 0.1) is 5.52 Å². The fraction of sp³-hybridized carbons (Fsp3) is 0.320. The Balaban J connectivity index is 1.15. The Morgan fingerprint density at radius 3 is 3.03 bits per heavy atom. The molecular weight excluding hydrogens is 393 g/mol. The summed E-state index contributed by atoms with van der Waals surface area (Å²) < 4.78 is 26.0. The van der Waals surface area contributed by atoms with Crippen LogP contribution in [0.5, 0.6) is 11.5 Å². The van der Waals surface area contributed by atoms with E-state index in [2.05, 4.69) is 21.4 Å². The van der Waals surface area contributed by atoms with E-state index in [0.29, 0.717) is 19.2 Å². The third-order valence-electron chi connectivity index (χ3n) is 6.42. The van der Waals surface area contributed by atoms with Gasteiger partial charge < -0.3 is 19.8 Å². The van der Waals surface area contributed by atoms with Crippen LogP contribution in [-0.4, -0.2) is 35.3 Å². The van der Waals surface area contributed by atoms with Crippen LogP contribution in [0.1, 0.15) is 23.4 Å². The van der Waals surface area contributed by atoms with Crippen molar-refractivity contribution in [1.82, 2.24) is 15.3 Å². The van der Waals surface area contributed by atoms with E-state index in [0.717, 1.165) is 58.3 Å². The van der Waals surface area contributed by atoms with Crippen molar-refractivity contribution in [1.29, 1.82) is 0 Å². The largest absolute Gasteiger partial charge is 0.486 e. The maximum Gasteiger partial charge on any atom is 0.171 e. The molecule has 1 aliphatic carbocycles. The Morgan fingerprint density at radius 1 is 1.16 bits per heavy atom. The van der Waals surface area contributed by atoms with E-state index < -0.39 is 0 Å². The normalized spacial score (nSPS) is 20.2. The molecule has 31 heavy (non-hydrogen) atoms. The van der Waals surface area contributed by atoms with Crippen LogP contribution < -0.4 is 14.8 Å². The monoisotopic (exact) mass is 417 g/mol. The predicted octanol–water partition coefficient (Wildman–Crippen LogP) is 4.45. The van der Waals surface area contributed by atoms with Gasteiger partial charge in [-0.25, -0.2) is 4.39 Å². The van der Waals surface area contributed by atoms with Gasteiger partial charge in [-0.2, -0.15) is 0 Å². The van der Waals surface area contributed by atoms with Crippen molar-refractivity contribution in [3.8, 4) is 11.5 Å². The van der Waals surface area contributed by atoms with Crippen molar-refractivity contribution < 1.29 is 13.9 Å². The predicted molar refractivity (Wildman–Crippen MR) is 118 cm³/mol. The minimum absolute atomic E-state index is 0.0578. The van der Waals surface area contributed by atoms with Gasteiger partial charge in [-0.3, -0.25) is 4.98 Å². The summed E-state index contributed by atoms with van der Waals surface area (Å²) >= 11 is 0. The molecule has 4 aromatic rings. The highest BCUT2D eigenvalue weighted by molar-refractivity contribution is 5.88. The van der Waals surface area contributed by atoms with E-state index in [1.54, 1.807) is 6.07 Å². The number of fused-ring (bicyclic) bond motifs is 6. The molecule has 0 radical (unpaired) electrons. The topological polar surface area (TPSA) is 59.2 Å². The van der Waals surface area contributed by atoms with Gasteiger partial charge in [0, 0.05) is 46.7 Å². The number of pyridine rings is 1. The standard InChI is InChI=1S/C25H24FN3O2/c1-14-2-5-19-21(28-14)8-9-24-25(19)31-17(13-30-24)12-27-16-4-6-18-20-10-15(26)3-7-22(20)29-23(18)11-16/h2-3,5,7-10,16-17,27,29H,4,6,11-13H2,1H3. The van der Waals surface area contributed by atoms with Gasteiger partial charge in [0.15, 0.2) is 11.5 Å². The molecule has 2 aliphatic rings. The van der Waals surface area contributed by atoms with Crippen molar-refractivity contribution in [3.63, 3.8) is 0 Å². The molecule has 2 aromatic heterocycles. The first-order chi connectivity index (χ1) is 15.1. The number of H-pyrrole nitrogens is 1. The molecule has 2 unspecified atom stereocenters. The van der Waals surface area contributed by atoms with Crippen molar-refractivity contribution in [2.24, 2.45) is 0 Å². The maximum absolute atomic E-state index is 13.7. The molecule has 0 saturated carbocycles. The number of nitrogens with zero attached hydrogens (tertiary/aromatic N) is 1. The zero-order valence-electron chi connectivity index (χ0n) is 17.4. The van der Waals surface area contributed by atoms with Gasteiger partial charge >= 0.3 is 0 Å². The third-order valence-corrected chi connectivity index (χ3v) is 6.42. The Labute approximate surface area is 179 Å². The number of aryl methyl sites for hydroxylation is 2. The van der Waals surface area contributed by atoms with Crippen LogP contribution in [0.4, 0.5) is 4.39 Å². The van der Waals surface area contributed by atoms with E-state index in [1.165, 1.54) is 17.3 Å². The number of aromatic amines is 1. The average Bonchev–Trinajstić information content (AvgIpc) is 3.14. The summed E-state index contributed by atoms with van der Waals surface area (Å²) in [5, 5.41) is 5.67. The number of benzene rings is 2. The van der Waals surface area contributed by atoms with Crippen molar-refractivity contribution >= 4 is 21.8 Å². The summed E-state index contributed by atoms with van der Waals surface area (Å²) in [4.78, 5) is 8.07. The van der Waals surface area contributed by atoms with Crippen LogP contribution in [-0.2, 0) is 12.8 Å². The second-order valence-corrected chi connectivity index (χ2v) is 8.58. The summed E-state index contributed by atoms with van der Waals surface area (Å²) in [5.41, 5.74) is 5.39. The lowest BCUT2D eigenvalue weighted by Crippen LogP contribution is -2.44. The SMILES string of the molecule is Cc1ccc2c3c(ccc2n1)OCC(CNC1CCc2c([nH]c4ccc(F)cc24)C1)O3. The lowest BCUT2D eigenvalue weighted by Gasteiger charge is -2.30. The molecule has 3 heterocycles. The molecule has 6 rings (SSSR count). The fourth-order valence-electron chi connectivity index (χ4n) is 4.85. The maximum atomic E-state index is 13.7. The number of aromatic nitrogens is 2. The van der Waals surface area contributed by atoms with Gasteiger partial charge in [-0.1, -0.05) is 0 Å². The lowest BCUT2D eigenvalue weighted by atomic mass is 9.91. The Bertz CT molecular complexity index is 1300. The molecule has 1 aliphatic heterocycles. The van der Waals surface area contributed by atoms with E-state index in [4.69, 9.17) is 9.47 Å². The van der Waals surface area contributed by atoms with E-state index in [9.17, 15) is 4.39 Å². The number of hydrogen-bond acceptors (Lipinski definition) is 4. The first-order valence-corrected chi connectivity index (χ1v) is 10.9. The van der Waals surface area contributed by atoms with E-state index >= 15 is 0 Å². The second kappa shape index (κ2) is 7.24. The van der Waals surface area contributed by atoms with E-state index in [-0.39, 0.29) is 11.9 Å². The zero-order chi connectivity index (χ0) is 20.9. The first-order valence-electron chi connectivity index (χ1n) is 10.9. The fourth-order valence-corrected chi connectivity index (χ4v) is 4.85. The number of ether oxygens (including phenoxy) is 2. The number of halogens is 1. The summed E-state index contributed by atoms with van der Waals surface area (Å²) in [6.07, 6.45) is 2.81. The third kappa shape index (κ3) is 3.31. The first kappa shape index (κ1) is 18.6. The minimum Gasteiger partial charge on any atom is -0.486 e. The highest BCUT2D eigenvalue weighted by Gasteiger charge is 2.26. The highest BCUT2D eigenvalue weighted by Crippen LogP contribution is 2.38. The van der Waals surface area contributed by atoms with Crippen LogP contribution in [0.15, 0.2) is 42.5 Å². The summed E-state index contributed by atoms with van der Waals surface area (Å²) in [5.74, 6) is 1.39. The summed E-state index contributed by atoms with van der Waals surface area (Å²) in [7, 11) is 0. The molecule has 2 N–H and O–H groups in total. The lowest BCUT2D eigenvalue weighted by molar-refractivity contribution is 0.0896. The molecule has 2 atom stereocenters. The van der Waals surface area contributed by atoms with Gasteiger partial charge in [0.1, 0.15) is 18.5 Å². The minimum atomic E-state index is -0.179. The second-order valence-electron chi connectivity index (χ2n) is 8.58. The molecular formula is C25H24FN3O2. The molecule has 0 amide bonds. The Kier molecular flexibility index (Phi) is 4.35. The van der Waals surface area contributed by atoms with Crippen LogP contribution >= 0.6 is 0 Å². The van der Waals surface area contributed by atoms with Crippen LogP contribution in [0.3, 0.4) is 0 Å². The van der Waals surface area contributed by atoms with Crippen LogP contribution in [0.2, 0.25) is 0 Å². The van der Waals surface area contributed by atoms with Gasteiger partial charge in [0.25, 0.3) is 0 Å². The summed E-state index contributed by atoms with van der Waals surface area (Å²) in [6.45, 7) is 3.22. The molecule has 2 aromatic carbocycles. The molecule has 158 valence electrons. The summed E-state index contributed by atoms with van der Waals surface area (Å²) in [6, 6.07) is 13.3. The van der Waals surface area contributed by atoms with Crippen LogP contribution in [0.25, 0.3) is 21.8 Å². The Morgan fingerprint density at radius 2 is 2.10 bits per heavy atom. The molecule has 0 bridgehead atoms. The number of rotatable bonds is 3. The van der Waals surface area contributed by atoms with Crippen molar-refractivity contribution in [3.05, 3.63) is 65.2 Å². The smallest absolute Gasteiger partial charge is 0.171 e. The molecule has 0 saturated heterocycles. The molecule has 6 heteroatoms. The van der Waals surface area contributed by atoms with Crippen molar-refractivity contribution in [2.75, 3.05) is 13.2 Å². The quantitative estimate of drug-likeness (QED) is 0.517. The molecule has 0 fully saturated rings. The molecule has 5 nitrogen and oxygen atoms in total. The number of hydrogen-bond donors (Lipinski definition) is 2. The molecule has 0 spiro atoms. The Hall–Kier alpha value is -3.12. The van der Waals surface area contributed by atoms with Gasteiger partial charge in [-0.15, -0.1) is 0 Å². The van der Waals surface area contributed by atoms with Crippen molar-refractivity contribution in [2.45, 2.75) is 38.3 Å². The van der Waals surface area contributed by atoms with Gasteiger partial charge in [-0.05, 0) is 67.8 Å². The van der Waals surface area contributed by atoms with Crippen LogP contribution in [0, 0.1) is 12.7 Å². The zero-order valence-corrected chi connectivity index (χ0v) is 17.4. The van der Waals surface area contributed by atoms with Gasteiger partial charge in [0.2, 0.25) is 0 Å². The highest BCUT2D eigenvalue weighted by atomic mass is 19.1. The van der Waals surface area contributed by atoms with E-state index in [1.807, 2.05) is 31.2 Å². The number of nitrogens with one attached hydrogen (secondary N) is 2. The average molecular weight is 417 g/mol.